The lowest BCUT2D eigenvalue weighted by molar-refractivity contribution is -0.114. The lowest BCUT2D eigenvalue weighted by Crippen LogP contribution is -2.08. The summed E-state index contributed by atoms with van der Waals surface area (Å²) in [6.45, 7) is 1.76. The highest BCUT2D eigenvalue weighted by Gasteiger charge is 2.05. The van der Waals surface area contributed by atoms with Gasteiger partial charge in [-0.25, -0.2) is 4.39 Å². The number of carbonyl (C=O) groups is 1. The highest BCUT2D eigenvalue weighted by atomic mass is 19.1. The second kappa shape index (κ2) is 4.87. The first-order valence-corrected chi connectivity index (χ1v) is 5.39. The van der Waals surface area contributed by atoms with E-state index in [1.165, 1.54) is 25.1 Å². The quantitative estimate of drug-likeness (QED) is 0.810. The van der Waals surface area contributed by atoms with Crippen LogP contribution in [-0.4, -0.2) is 15.7 Å². The van der Waals surface area contributed by atoms with E-state index in [1.54, 1.807) is 16.9 Å². The van der Waals surface area contributed by atoms with Gasteiger partial charge in [-0.1, -0.05) is 0 Å². The molecule has 0 saturated carbocycles. The van der Waals surface area contributed by atoms with Crippen molar-refractivity contribution in [1.29, 1.82) is 0 Å². The van der Waals surface area contributed by atoms with E-state index in [2.05, 4.69) is 10.4 Å². The summed E-state index contributed by atoms with van der Waals surface area (Å²) in [5, 5.41) is 6.68. The smallest absolute Gasteiger partial charge is 0.222 e. The molecule has 1 heterocycles. The van der Waals surface area contributed by atoms with Crippen LogP contribution >= 0.6 is 0 Å². The molecule has 2 rings (SSSR count). The molecule has 0 radical (unpaired) electrons. The first kappa shape index (κ1) is 12.1. The third kappa shape index (κ3) is 2.85. The molecule has 6 heteroatoms. The van der Waals surface area contributed by atoms with Gasteiger partial charge in [0.25, 0.3) is 0 Å². The second-order valence-corrected chi connectivity index (χ2v) is 3.92. The third-order valence-corrected chi connectivity index (χ3v) is 2.38. The Balaban J connectivity index is 2.16. The van der Waals surface area contributed by atoms with E-state index in [0.29, 0.717) is 23.6 Å². The minimum absolute atomic E-state index is 0.189. The zero-order chi connectivity index (χ0) is 13.1. The Bertz CT molecular complexity index is 579. The summed E-state index contributed by atoms with van der Waals surface area (Å²) in [7, 11) is 0. The Labute approximate surface area is 103 Å². The predicted molar refractivity (Wildman–Crippen MR) is 66.4 cm³/mol. The molecule has 0 aliphatic carbocycles. The van der Waals surface area contributed by atoms with Gasteiger partial charge in [0.05, 0.1) is 6.54 Å². The average molecular weight is 248 g/mol. The predicted octanol–water partition coefficient (Wildman–Crippen LogP) is 1.61. The van der Waals surface area contributed by atoms with Crippen LogP contribution in [0.3, 0.4) is 0 Å². The van der Waals surface area contributed by atoms with Gasteiger partial charge < -0.3 is 11.1 Å². The second-order valence-electron chi connectivity index (χ2n) is 3.92. The van der Waals surface area contributed by atoms with Crippen LogP contribution in [0.4, 0.5) is 15.9 Å². The lowest BCUT2D eigenvalue weighted by atomic mass is 10.2. The number of carbonyl (C=O) groups excluding carboxylic acids is 1. The molecule has 0 unspecified atom stereocenters. The highest BCUT2D eigenvalue weighted by molar-refractivity contribution is 5.87. The van der Waals surface area contributed by atoms with Crippen molar-refractivity contribution in [3.05, 3.63) is 41.8 Å². The third-order valence-electron chi connectivity index (χ3n) is 2.38. The Morgan fingerprint density at radius 1 is 1.50 bits per heavy atom. The number of nitrogen functional groups attached to an aromatic ring is 1. The fraction of sp³-hybridized carbons (Fsp3) is 0.167. The maximum absolute atomic E-state index is 13.1. The number of hydrogen-bond acceptors (Lipinski definition) is 3. The molecule has 0 fully saturated rings. The van der Waals surface area contributed by atoms with Crippen molar-refractivity contribution < 1.29 is 9.18 Å². The fourth-order valence-corrected chi connectivity index (χ4v) is 1.58. The number of nitrogens with one attached hydrogen (secondary N) is 1. The number of aromatic nitrogens is 2. The van der Waals surface area contributed by atoms with E-state index >= 15 is 0 Å². The molecule has 18 heavy (non-hydrogen) atoms. The van der Waals surface area contributed by atoms with Crippen LogP contribution < -0.4 is 11.1 Å². The normalized spacial score (nSPS) is 10.3. The molecule has 0 bridgehead atoms. The molecule has 1 aromatic carbocycles. The average Bonchev–Trinajstić information content (AvgIpc) is 2.70. The van der Waals surface area contributed by atoms with E-state index in [1.807, 2.05) is 0 Å². The molecule has 0 spiro atoms. The molecule has 5 nitrogen and oxygen atoms in total. The van der Waals surface area contributed by atoms with Crippen molar-refractivity contribution in [2.24, 2.45) is 0 Å². The summed E-state index contributed by atoms with van der Waals surface area (Å²) in [4.78, 5) is 10.8. The van der Waals surface area contributed by atoms with Gasteiger partial charge in [-0.3, -0.25) is 9.48 Å². The van der Waals surface area contributed by atoms with Crippen molar-refractivity contribution in [1.82, 2.24) is 9.78 Å². The van der Waals surface area contributed by atoms with Gasteiger partial charge in [0.2, 0.25) is 5.91 Å². The first-order chi connectivity index (χ1) is 8.54. The van der Waals surface area contributed by atoms with Gasteiger partial charge in [-0.15, -0.1) is 0 Å². The first-order valence-electron chi connectivity index (χ1n) is 5.39. The van der Waals surface area contributed by atoms with Crippen molar-refractivity contribution in [3.8, 4) is 0 Å². The van der Waals surface area contributed by atoms with E-state index in [-0.39, 0.29) is 11.7 Å². The number of hydrogen-bond donors (Lipinski definition) is 2. The maximum atomic E-state index is 13.1. The molecular weight excluding hydrogens is 235 g/mol. The van der Waals surface area contributed by atoms with Crippen LogP contribution in [-0.2, 0) is 11.3 Å². The summed E-state index contributed by atoms with van der Waals surface area (Å²) in [6, 6.07) is 5.86. The van der Waals surface area contributed by atoms with Gasteiger partial charge >= 0.3 is 0 Å². The summed E-state index contributed by atoms with van der Waals surface area (Å²) in [6.07, 6.45) is 1.69. The van der Waals surface area contributed by atoms with E-state index in [0.717, 1.165) is 0 Å². The molecule has 94 valence electrons. The number of amides is 1. The SMILES string of the molecule is CC(=O)Nc1ccn(Cc2cc(F)ccc2N)n1. The number of halogens is 1. The minimum atomic E-state index is -0.339. The fourth-order valence-electron chi connectivity index (χ4n) is 1.58. The van der Waals surface area contributed by atoms with Gasteiger partial charge in [-0.05, 0) is 23.8 Å². The van der Waals surface area contributed by atoms with Crippen LogP contribution in [0.2, 0.25) is 0 Å². The number of anilines is 2. The summed E-state index contributed by atoms with van der Waals surface area (Å²) in [5.74, 6) is -0.0727. The maximum Gasteiger partial charge on any atom is 0.222 e. The Kier molecular flexibility index (Phi) is 3.27. The van der Waals surface area contributed by atoms with Gasteiger partial charge in [0.15, 0.2) is 5.82 Å². The van der Waals surface area contributed by atoms with Crippen LogP contribution in [0.15, 0.2) is 30.5 Å². The molecule has 0 aliphatic rings. The lowest BCUT2D eigenvalue weighted by Gasteiger charge is -2.05. The van der Waals surface area contributed by atoms with Crippen LogP contribution in [0.25, 0.3) is 0 Å². The summed E-state index contributed by atoms with van der Waals surface area (Å²) >= 11 is 0. The topological polar surface area (TPSA) is 72.9 Å². The van der Waals surface area contributed by atoms with Gasteiger partial charge in [0, 0.05) is 24.9 Å². The van der Waals surface area contributed by atoms with E-state index in [4.69, 9.17) is 5.73 Å². The number of benzene rings is 1. The Hall–Kier alpha value is -2.37. The summed E-state index contributed by atoms with van der Waals surface area (Å²) in [5.41, 5.74) is 6.90. The molecule has 0 saturated heterocycles. The van der Waals surface area contributed by atoms with Crippen molar-refractivity contribution in [2.45, 2.75) is 13.5 Å². The largest absolute Gasteiger partial charge is 0.398 e. The molecule has 1 aromatic heterocycles. The highest BCUT2D eigenvalue weighted by Crippen LogP contribution is 2.15. The molecular formula is C12H13FN4O. The minimum Gasteiger partial charge on any atom is -0.398 e. The molecule has 2 aromatic rings. The Morgan fingerprint density at radius 3 is 3.00 bits per heavy atom. The molecule has 0 atom stereocenters. The summed E-state index contributed by atoms with van der Waals surface area (Å²) < 4.78 is 14.7. The Morgan fingerprint density at radius 2 is 2.28 bits per heavy atom. The number of nitrogens with zero attached hydrogens (tertiary/aromatic N) is 2. The van der Waals surface area contributed by atoms with Crippen LogP contribution in [0.5, 0.6) is 0 Å². The van der Waals surface area contributed by atoms with Gasteiger partial charge in [-0.2, -0.15) is 5.10 Å². The number of nitrogens with two attached hydrogens (primary N) is 1. The standard InChI is InChI=1S/C12H13FN4O/c1-8(18)15-12-4-5-17(16-12)7-9-6-10(13)2-3-11(9)14/h2-6H,7,14H2,1H3,(H,15,16,18). The monoisotopic (exact) mass is 248 g/mol. The van der Waals surface area contributed by atoms with Crippen LogP contribution in [0, 0.1) is 5.82 Å². The van der Waals surface area contributed by atoms with Crippen molar-refractivity contribution in [3.63, 3.8) is 0 Å². The van der Waals surface area contributed by atoms with Gasteiger partial charge in [0.1, 0.15) is 5.82 Å². The zero-order valence-corrected chi connectivity index (χ0v) is 9.85. The molecule has 3 N–H and O–H groups in total. The molecule has 0 aliphatic heterocycles. The van der Waals surface area contributed by atoms with Crippen molar-refractivity contribution in [2.75, 3.05) is 11.1 Å². The zero-order valence-electron chi connectivity index (χ0n) is 9.85. The number of rotatable bonds is 3. The van der Waals surface area contributed by atoms with Crippen molar-refractivity contribution >= 4 is 17.4 Å². The van der Waals surface area contributed by atoms with E-state index < -0.39 is 0 Å². The molecule has 1 amide bonds. The van der Waals surface area contributed by atoms with Crippen LogP contribution in [0.1, 0.15) is 12.5 Å². The van der Waals surface area contributed by atoms with E-state index in [9.17, 15) is 9.18 Å².